The van der Waals surface area contributed by atoms with Crippen LogP contribution in [-0.2, 0) is 28.6 Å². The monoisotopic (exact) mass is 528 g/mol. The van der Waals surface area contributed by atoms with E-state index in [9.17, 15) is 50.1 Å². The molecular formula is C19H32N2O15. The van der Waals surface area contributed by atoms with Gasteiger partial charge in [-0.25, -0.2) is 4.79 Å². The Bertz CT molecular complexity index is 786. The zero-order valence-corrected chi connectivity index (χ0v) is 19.1. The number of hydrogen-bond acceptors (Lipinski definition) is 14. The van der Waals surface area contributed by atoms with Gasteiger partial charge in [-0.3, -0.25) is 9.59 Å². The zero-order chi connectivity index (χ0) is 27.4. The molecule has 17 heteroatoms. The molecule has 0 spiro atoms. The summed E-state index contributed by atoms with van der Waals surface area (Å²) in [5.74, 6) is -6.28. The van der Waals surface area contributed by atoms with Crippen LogP contribution in [0.15, 0.2) is 0 Å². The highest BCUT2D eigenvalue weighted by Crippen LogP contribution is 2.34. The van der Waals surface area contributed by atoms with Crippen molar-refractivity contribution in [2.24, 2.45) is 0 Å². The summed E-state index contributed by atoms with van der Waals surface area (Å²) < 4.78 is 15.8. The van der Waals surface area contributed by atoms with Crippen LogP contribution in [0.25, 0.3) is 0 Å². The first kappa shape index (κ1) is 30.2. The van der Waals surface area contributed by atoms with Crippen LogP contribution in [-0.4, -0.2) is 150 Å². The summed E-state index contributed by atoms with van der Waals surface area (Å²) in [7, 11) is 0. The largest absolute Gasteiger partial charge is 0.477 e. The number of aliphatic carboxylic acids is 1. The minimum absolute atomic E-state index is 0.643. The normalized spacial score (nSPS) is 38.6. The molecule has 0 radical (unpaired) electrons. The van der Waals surface area contributed by atoms with Crippen molar-refractivity contribution in [2.45, 2.75) is 80.2 Å². The third-order valence-electron chi connectivity index (χ3n) is 5.86. The number of carboxylic acid groups (broad SMARTS) is 1. The lowest BCUT2D eigenvalue weighted by atomic mass is 9.88. The van der Waals surface area contributed by atoms with Gasteiger partial charge in [0.2, 0.25) is 11.8 Å². The summed E-state index contributed by atoms with van der Waals surface area (Å²) in [5.41, 5.74) is 0. The predicted octanol–water partition coefficient (Wildman–Crippen LogP) is -6.93. The molecule has 0 aromatic rings. The second-order valence-electron chi connectivity index (χ2n) is 8.49. The molecule has 0 aliphatic carbocycles. The molecule has 0 aromatic carbocycles. The molecule has 0 bridgehead atoms. The molecule has 2 aliphatic rings. The Kier molecular flexibility index (Phi) is 10.5. The van der Waals surface area contributed by atoms with Gasteiger partial charge in [-0.05, 0) is 0 Å². The molecule has 2 fully saturated rings. The van der Waals surface area contributed by atoms with Crippen LogP contribution in [0.4, 0.5) is 0 Å². The Morgan fingerprint density at radius 2 is 1.69 bits per heavy atom. The second kappa shape index (κ2) is 12.5. The van der Waals surface area contributed by atoms with E-state index in [1.54, 1.807) is 0 Å². The standard InChI is InChI=1S/C19H32N2O15/c1-6(24)20-12-15(30)14(29)9(35-17(12)31)5-34-19(18(32)33)2-7(25)11(21-10(27)4-23)16(36-19)13(28)8(26)3-22/h7-9,11-17,22-23,25-26,28-31H,2-5H2,1H3,(H,20,24)(H,21,27)(H,32,33)/t7-,8+,9+,11+,12+,13+,14-,15+,16+,17?,19+/m0/s1. The summed E-state index contributed by atoms with van der Waals surface area (Å²) in [6.45, 7) is -1.80. The van der Waals surface area contributed by atoms with Crippen LogP contribution in [0, 0.1) is 0 Å². The first-order valence-electron chi connectivity index (χ1n) is 10.8. The van der Waals surface area contributed by atoms with Crippen molar-refractivity contribution in [1.82, 2.24) is 10.6 Å². The molecule has 11 atom stereocenters. The minimum atomic E-state index is -2.77. The van der Waals surface area contributed by atoms with E-state index >= 15 is 0 Å². The second-order valence-corrected chi connectivity index (χ2v) is 8.49. The third-order valence-corrected chi connectivity index (χ3v) is 5.86. The lowest BCUT2D eigenvalue weighted by molar-refractivity contribution is -0.328. The molecular weight excluding hydrogens is 496 g/mol. The van der Waals surface area contributed by atoms with Crippen LogP contribution in [0.1, 0.15) is 13.3 Å². The quantitative estimate of drug-likeness (QED) is 0.126. The smallest absolute Gasteiger partial charge is 0.364 e. The fourth-order valence-corrected chi connectivity index (χ4v) is 3.97. The first-order chi connectivity index (χ1) is 16.8. The van der Waals surface area contributed by atoms with Crippen molar-refractivity contribution in [3.05, 3.63) is 0 Å². The highest BCUT2D eigenvalue weighted by atomic mass is 16.7. The number of ether oxygens (including phenoxy) is 3. The number of carbonyl (C=O) groups excluding carboxylic acids is 2. The third kappa shape index (κ3) is 6.64. The van der Waals surface area contributed by atoms with Crippen LogP contribution in [0.3, 0.4) is 0 Å². The minimum Gasteiger partial charge on any atom is -0.477 e. The van der Waals surface area contributed by atoms with Gasteiger partial charge in [0.05, 0.1) is 25.4 Å². The number of amides is 2. The van der Waals surface area contributed by atoms with Crippen molar-refractivity contribution in [2.75, 3.05) is 19.8 Å². The van der Waals surface area contributed by atoms with Gasteiger partial charge in [0.1, 0.15) is 49.3 Å². The van der Waals surface area contributed by atoms with E-state index in [1.165, 1.54) is 0 Å². The van der Waals surface area contributed by atoms with E-state index in [1.807, 2.05) is 0 Å². The number of carboxylic acids is 1. The lowest BCUT2D eigenvalue weighted by Crippen LogP contribution is -2.69. The highest BCUT2D eigenvalue weighted by Gasteiger charge is 2.56. The van der Waals surface area contributed by atoms with Crippen molar-refractivity contribution in [3.63, 3.8) is 0 Å². The molecule has 1 unspecified atom stereocenters. The zero-order valence-electron chi connectivity index (χ0n) is 19.1. The topological polar surface area (TPSA) is 285 Å². The highest BCUT2D eigenvalue weighted by molar-refractivity contribution is 5.78. The first-order valence-corrected chi connectivity index (χ1v) is 10.8. The molecule has 2 amide bonds. The number of nitrogens with one attached hydrogen (secondary N) is 2. The van der Waals surface area contributed by atoms with Gasteiger partial charge in [0.15, 0.2) is 6.29 Å². The molecule has 17 nitrogen and oxygen atoms in total. The Hall–Kier alpha value is -2.03. The van der Waals surface area contributed by atoms with Crippen LogP contribution in [0.5, 0.6) is 0 Å². The molecule has 0 saturated carbocycles. The van der Waals surface area contributed by atoms with Crippen molar-refractivity contribution >= 4 is 17.8 Å². The summed E-state index contributed by atoms with van der Waals surface area (Å²) in [5, 5.41) is 93.7. The molecule has 2 aliphatic heterocycles. The van der Waals surface area contributed by atoms with Gasteiger partial charge < -0.3 is 70.8 Å². The maximum Gasteiger partial charge on any atom is 0.364 e. The average Bonchev–Trinajstić information content (AvgIpc) is 2.83. The van der Waals surface area contributed by atoms with Gasteiger partial charge in [-0.1, -0.05) is 0 Å². The van der Waals surface area contributed by atoms with E-state index in [-0.39, 0.29) is 0 Å². The van der Waals surface area contributed by atoms with E-state index in [0.29, 0.717) is 0 Å². The Balaban J connectivity index is 2.26. The van der Waals surface area contributed by atoms with Crippen LogP contribution < -0.4 is 10.6 Å². The number of aliphatic hydroxyl groups excluding tert-OH is 8. The van der Waals surface area contributed by atoms with Crippen molar-refractivity contribution in [1.29, 1.82) is 0 Å². The van der Waals surface area contributed by atoms with E-state index in [4.69, 9.17) is 24.4 Å². The van der Waals surface area contributed by atoms with Crippen molar-refractivity contribution in [3.8, 4) is 0 Å². The number of carbonyl (C=O) groups is 3. The fraction of sp³-hybridized carbons (Fsp3) is 0.842. The number of rotatable bonds is 10. The number of hydrogen-bond donors (Lipinski definition) is 11. The van der Waals surface area contributed by atoms with Crippen molar-refractivity contribution < 1.29 is 74.6 Å². The number of aliphatic hydroxyl groups is 8. The Morgan fingerprint density at radius 1 is 1.06 bits per heavy atom. The predicted molar refractivity (Wildman–Crippen MR) is 110 cm³/mol. The Morgan fingerprint density at radius 3 is 2.22 bits per heavy atom. The Labute approximate surface area is 203 Å². The molecule has 2 heterocycles. The molecule has 208 valence electrons. The van der Waals surface area contributed by atoms with Crippen LogP contribution in [0.2, 0.25) is 0 Å². The van der Waals surface area contributed by atoms with Gasteiger partial charge in [0, 0.05) is 13.3 Å². The van der Waals surface area contributed by atoms with Gasteiger partial charge in [0.25, 0.3) is 5.79 Å². The van der Waals surface area contributed by atoms with Gasteiger partial charge in [-0.15, -0.1) is 0 Å². The summed E-state index contributed by atoms with van der Waals surface area (Å²) in [6.07, 6.45) is -15.5. The summed E-state index contributed by atoms with van der Waals surface area (Å²) in [4.78, 5) is 35.0. The van der Waals surface area contributed by atoms with E-state index < -0.39 is 111 Å². The molecule has 2 rings (SSSR count). The molecule has 11 N–H and O–H groups in total. The summed E-state index contributed by atoms with van der Waals surface area (Å²) >= 11 is 0. The molecule has 36 heavy (non-hydrogen) atoms. The molecule has 2 saturated heterocycles. The SMILES string of the molecule is CC(=O)N[C@H]1C(O)O[C@H](CO[C@]2(C(=O)O)C[C@H](O)[C@@H](NC(=O)CO)[C@H]([C@H](O)[C@H](O)CO)O2)[C@H](O)[C@@H]1O. The maximum absolute atomic E-state index is 12.1. The van der Waals surface area contributed by atoms with Gasteiger partial charge >= 0.3 is 5.97 Å². The summed E-state index contributed by atoms with van der Waals surface area (Å²) in [6, 6.07) is -2.97. The fourth-order valence-electron chi connectivity index (χ4n) is 3.97. The van der Waals surface area contributed by atoms with Gasteiger partial charge in [-0.2, -0.15) is 0 Å². The molecule has 0 aromatic heterocycles. The van der Waals surface area contributed by atoms with E-state index in [2.05, 4.69) is 10.6 Å². The lowest BCUT2D eigenvalue weighted by Gasteiger charge is -2.47. The van der Waals surface area contributed by atoms with E-state index in [0.717, 1.165) is 6.92 Å². The maximum atomic E-state index is 12.1. The van der Waals surface area contributed by atoms with Crippen LogP contribution >= 0.6 is 0 Å². The average molecular weight is 528 g/mol.